The first-order valence-electron chi connectivity index (χ1n) is 6.71. The molecule has 0 aliphatic carbocycles. The van der Waals surface area contributed by atoms with Gasteiger partial charge in [0, 0.05) is 5.56 Å². The van der Waals surface area contributed by atoms with Crippen molar-refractivity contribution in [3.63, 3.8) is 0 Å². The molecule has 0 saturated carbocycles. The normalized spacial score (nSPS) is 14.8. The molecule has 0 amide bonds. The van der Waals surface area contributed by atoms with Crippen molar-refractivity contribution >= 4 is 0 Å². The molecule has 0 aromatic heterocycles. The third-order valence-corrected chi connectivity index (χ3v) is 3.48. The van der Waals surface area contributed by atoms with Gasteiger partial charge in [-0.3, -0.25) is 0 Å². The number of rotatable bonds is 3. The Bertz CT molecular complexity index is 640. The summed E-state index contributed by atoms with van der Waals surface area (Å²) in [7, 11) is 1.66. The summed E-state index contributed by atoms with van der Waals surface area (Å²) >= 11 is 0. The molecule has 2 aromatic rings. The monoisotopic (exact) mass is 291 g/mol. The van der Waals surface area contributed by atoms with E-state index in [0.29, 0.717) is 30.3 Å². The van der Waals surface area contributed by atoms with Gasteiger partial charge in [-0.25, -0.2) is 8.78 Å². The minimum atomic E-state index is -0.595. The van der Waals surface area contributed by atoms with Crippen LogP contribution in [0.4, 0.5) is 8.78 Å². The molecule has 1 aliphatic rings. The Labute approximate surface area is 121 Å². The Morgan fingerprint density at radius 2 is 1.67 bits per heavy atom. The molecular formula is C16H15F2NO2. The second-order valence-corrected chi connectivity index (χ2v) is 4.76. The van der Waals surface area contributed by atoms with Crippen LogP contribution < -0.4 is 14.8 Å². The third-order valence-electron chi connectivity index (χ3n) is 3.48. The van der Waals surface area contributed by atoms with E-state index in [4.69, 9.17) is 9.47 Å². The lowest BCUT2D eigenvalue weighted by Crippen LogP contribution is -2.21. The molecule has 3 rings (SSSR count). The number of hydrogen-bond donors (Lipinski definition) is 1. The average Bonchev–Trinajstić information content (AvgIpc) is 2.50. The van der Waals surface area contributed by atoms with Crippen LogP contribution in [0.3, 0.4) is 0 Å². The summed E-state index contributed by atoms with van der Waals surface area (Å²) in [4.78, 5) is 0. The number of halogens is 2. The smallest absolute Gasteiger partial charge is 0.161 e. The first-order valence-corrected chi connectivity index (χ1v) is 6.71. The summed E-state index contributed by atoms with van der Waals surface area (Å²) in [5.41, 5.74) is 0.711. The molecule has 0 bridgehead atoms. The maximum atomic E-state index is 14.0. The van der Waals surface area contributed by atoms with E-state index in [2.05, 4.69) is 5.32 Å². The van der Waals surface area contributed by atoms with Crippen molar-refractivity contribution in [1.82, 2.24) is 5.32 Å². The molecule has 0 fully saturated rings. The van der Waals surface area contributed by atoms with E-state index >= 15 is 0 Å². The van der Waals surface area contributed by atoms with Crippen molar-refractivity contribution in [2.24, 2.45) is 0 Å². The second-order valence-electron chi connectivity index (χ2n) is 4.76. The summed E-state index contributed by atoms with van der Waals surface area (Å²) in [6.07, 6.45) is 0. The molecular weight excluding hydrogens is 276 g/mol. The predicted octanol–water partition coefficient (Wildman–Crippen LogP) is 3.04. The van der Waals surface area contributed by atoms with Crippen LogP contribution >= 0.6 is 0 Å². The lowest BCUT2D eigenvalue weighted by molar-refractivity contribution is 0.171. The van der Waals surface area contributed by atoms with Crippen LogP contribution in [0.25, 0.3) is 0 Å². The molecule has 1 aliphatic heterocycles. The highest BCUT2D eigenvalue weighted by Gasteiger charge is 2.22. The topological polar surface area (TPSA) is 30.5 Å². The van der Waals surface area contributed by atoms with Gasteiger partial charge in [0.2, 0.25) is 0 Å². The number of fused-ring (bicyclic) bond motifs is 1. The average molecular weight is 291 g/mol. The fourth-order valence-electron chi connectivity index (χ4n) is 2.50. The van der Waals surface area contributed by atoms with E-state index < -0.39 is 17.7 Å². The lowest BCUT2D eigenvalue weighted by atomic mass is 9.97. The van der Waals surface area contributed by atoms with Crippen LogP contribution in [0.1, 0.15) is 17.2 Å². The third kappa shape index (κ3) is 2.56. The highest BCUT2D eigenvalue weighted by atomic mass is 19.1. The zero-order chi connectivity index (χ0) is 14.8. The minimum absolute atomic E-state index is 0.00308. The SMILES string of the molecule is CNC(c1ccc2c(c1)OCCO2)c1c(F)cccc1F. The van der Waals surface area contributed by atoms with Crippen LogP contribution in [0.15, 0.2) is 36.4 Å². The Morgan fingerprint density at radius 3 is 2.33 bits per heavy atom. The highest BCUT2D eigenvalue weighted by Crippen LogP contribution is 2.35. The van der Waals surface area contributed by atoms with Gasteiger partial charge in [-0.15, -0.1) is 0 Å². The second kappa shape index (κ2) is 5.69. The summed E-state index contributed by atoms with van der Waals surface area (Å²) < 4.78 is 38.9. The molecule has 1 atom stereocenters. The van der Waals surface area contributed by atoms with Crippen molar-refractivity contribution < 1.29 is 18.3 Å². The Kier molecular flexibility index (Phi) is 3.75. The van der Waals surface area contributed by atoms with Crippen molar-refractivity contribution in [1.29, 1.82) is 0 Å². The van der Waals surface area contributed by atoms with E-state index in [0.717, 1.165) is 0 Å². The van der Waals surface area contributed by atoms with Gasteiger partial charge in [0.15, 0.2) is 11.5 Å². The van der Waals surface area contributed by atoms with Gasteiger partial charge in [-0.2, -0.15) is 0 Å². The van der Waals surface area contributed by atoms with E-state index in [-0.39, 0.29) is 5.56 Å². The van der Waals surface area contributed by atoms with Crippen LogP contribution in [-0.4, -0.2) is 20.3 Å². The van der Waals surface area contributed by atoms with E-state index in [1.807, 2.05) is 0 Å². The summed E-state index contributed by atoms with van der Waals surface area (Å²) in [6.45, 7) is 0.971. The molecule has 3 nitrogen and oxygen atoms in total. The van der Waals surface area contributed by atoms with Gasteiger partial charge in [0.1, 0.15) is 24.8 Å². The number of benzene rings is 2. The Hall–Kier alpha value is -2.14. The molecule has 0 spiro atoms. The number of hydrogen-bond acceptors (Lipinski definition) is 3. The minimum Gasteiger partial charge on any atom is -0.486 e. The molecule has 21 heavy (non-hydrogen) atoms. The van der Waals surface area contributed by atoms with E-state index in [1.165, 1.54) is 18.2 Å². The standard InChI is InChI=1S/C16H15F2NO2/c1-19-16(15-11(17)3-2-4-12(15)18)10-5-6-13-14(9-10)21-8-7-20-13/h2-6,9,16,19H,7-8H2,1H3. The molecule has 5 heteroatoms. The zero-order valence-electron chi connectivity index (χ0n) is 11.5. The Morgan fingerprint density at radius 1 is 1.00 bits per heavy atom. The van der Waals surface area contributed by atoms with Gasteiger partial charge < -0.3 is 14.8 Å². The molecule has 2 aromatic carbocycles. The largest absolute Gasteiger partial charge is 0.486 e. The maximum absolute atomic E-state index is 14.0. The quantitative estimate of drug-likeness (QED) is 0.943. The van der Waals surface area contributed by atoms with Gasteiger partial charge in [0.25, 0.3) is 0 Å². The van der Waals surface area contributed by atoms with Crippen molar-refractivity contribution in [2.45, 2.75) is 6.04 Å². The maximum Gasteiger partial charge on any atom is 0.161 e. The van der Waals surface area contributed by atoms with Crippen molar-refractivity contribution in [2.75, 3.05) is 20.3 Å². The van der Waals surface area contributed by atoms with Gasteiger partial charge in [-0.05, 0) is 36.9 Å². The fraction of sp³-hybridized carbons (Fsp3) is 0.250. The van der Waals surface area contributed by atoms with Crippen LogP contribution in [-0.2, 0) is 0 Å². The van der Waals surface area contributed by atoms with Gasteiger partial charge in [-0.1, -0.05) is 12.1 Å². The number of ether oxygens (including phenoxy) is 2. The van der Waals surface area contributed by atoms with Crippen molar-refractivity contribution in [3.05, 3.63) is 59.2 Å². The molecule has 1 N–H and O–H groups in total. The van der Waals surface area contributed by atoms with Gasteiger partial charge in [0.05, 0.1) is 6.04 Å². The first-order chi connectivity index (χ1) is 10.2. The number of nitrogens with one attached hydrogen (secondary N) is 1. The van der Waals surface area contributed by atoms with E-state index in [9.17, 15) is 8.78 Å². The Balaban J connectivity index is 2.04. The molecule has 110 valence electrons. The van der Waals surface area contributed by atoms with Crippen molar-refractivity contribution in [3.8, 4) is 11.5 Å². The zero-order valence-corrected chi connectivity index (χ0v) is 11.5. The van der Waals surface area contributed by atoms with E-state index in [1.54, 1.807) is 25.2 Å². The van der Waals surface area contributed by atoms with Crippen LogP contribution in [0.5, 0.6) is 11.5 Å². The first kappa shape index (κ1) is 13.8. The predicted molar refractivity (Wildman–Crippen MR) is 74.7 cm³/mol. The van der Waals surface area contributed by atoms with Crippen LogP contribution in [0.2, 0.25) is 0 Å². The fourth-order valence-corrected chi connectivity index (χ4v) is 2.50. The summed E-state index contributed by atoms with van der Waals surface area (Å²) in [5, 5.41) is 2.95. The van der Waals surface area contributed by atoms with Gasteiger partial charge >= 0.3 is 0 Å². The molecule has 1 heterocycles. The molecule has 0 radical (unpaired) electrons. The van der Waals surface area contributed by atoms with Crippen LogP contribution in [0, 0.1) is 11.6 Å². The molecule has 0 saturated heterocycles. The highest BCUT2D eigenvalue weighted by molar-refractivity contribution is 5.46. The lowest BCUT2D eigenvalue weighted by Gasteiger charge is -2.22. The summed E-state index contributed by atoms with van der Waals surface area (Å²) in [5.74, 6) is 0.0816. The molecule has 1 unspecified atom stereocenters. The summed E-state index contributed by atoms with van der Waals surface area (Å²) in [6, 6.07) is 8.54.